The van der Waals surface area contributed by atoms with Gasteiger partial charge >= 0.3 is 0 Å². The summed E-state index contributed by atoms with van der Waals surface area (Å²) in [6.45, 7) is 4.13. The van der Waals surface area contributed by atoms with Gasteiger partial charge < -0.3 is 9.84 Å². The predicted molar refractivity (Wildman–Crippen MR) is 41.9 cm³/mol. The van der Waals surface area contributed by atoms with E-state index in [1.165, 1.54) is 5.57 Å². The van der Waals surface area contributed by atoms with E-state index in [4.69, 9.17) is 9.84 Å². The first-order valence-corrected chi connectivity index (χ1v) is 3.50. The number of methoxy groups -OCH3 is 1. The van der Waals surface area contributed by atoms with Gasteiger partial charge in [0.15, 0.2) is 0 Å². The predicted octanol–water partition coefficient (Wildman–Crippen LogP) is 1.35. The van der Waals surface area contributed by atoms with Gasteiger partial charge in [0.05, 0.1) is 12.7 Å². The fourth-order valence-electron chi connectivity index (χ4n) is 0.776. The standard InChI is InChI=1S/C8H16O2/c1-7(4-5-9)6-8(2)10-3/h4,8-9H,5-6H2,1-3H3/b7-4+. The van der Waals surface area contributed by atoms with E-state index in [1.54, 1.807) is 13.2 Å². The highest BCUT2D eigenvalue weighted by molar-refractivity contribution is 4.98. The number of hydrogen-bond donors (Lipinski definition) is 1. The molecule has 0 saturated carbocycles. The molecule has 10 heavy (non-hydrogen) atoms. The third-order valence-electron chi connectivity index (χ3n) is 1.45. The van der Waals surface area contributed by atoms with Crippen molar-refractivity contribution in [2.24, 2.45) is 0 Å². The molecule has 0 bridgehead atoms. The fourth-order valence-corrected chi connectivity index (χ4v) is 0.776. The first-order valence-electron chi connectivity index (χ1n) is 3.50. The van der Waals surface area contributed by atoms with Crippen LogP contribution in [-0.2, 0) is 4.74 Å². The molecule has 0 aromatic carbocycles. The van der Waals surface area contributed by atoms with Crippen LogP contribution in [0.25, 0.3) is 0 Å². The highest BCUT2D eigenvalue weighted by Gasteiger charge is 1.98. The SMILES string of the molecule is COC(C)C/C(C)=C/CO. The van der Waals surface area contributed by atoms with Gasteiger partial charge in [-0.15, -0.1) is 0 Å². The Balaban J connectivity index is 3.56. The lowest BCUT2D eigenvalue weighted by Gasteiger charge is -2.08. The molecule has 0 rings (SSSR count). The lowest BCUT2D eigenvalue weighted by molar-refractivity contribution is 0.118. The van der Waals surface area contributed by atoms with Crippen LogP contribution in [0.2, 0.25) is 0 Å². The van der Waals surface area contributed by atoms with Gasteiger partial charge in [0, 0.05) is 7.11 Å². The van der Waals surface area contributed by atoms with E-state index >= 15 is 0 Å². The number of ether oxygens (including phenoxy) is 1. The van der Waals surface area contributed by atoms with E-state index in [2.05, 4.69) is 0 Å². The Morgan fingerprint density at radius 3 is 2.70 bits per heavy atom. The molecule has 0 aliphatic rings. The van der Waals surface area contributed by atoms with Crippen molar-refractivity contribution in [3.63, 3.8) is 0 Å². The lowest BCUT2D eigenvalue weighted by Crippen LogP contribution is -2.04. The summed E-state index contributed by atoms with van der Waals surface area (Å²) >= 11 is 0. The van der Waals surface area contributed by atoms with Crippen LogP contribution in [0, 0.1) is 0 Å². The number of hydrogen-bond acceptors (Lipinski definition) is 2. The van der Waals surface area contributed by atoms with Crippen LogP contribution < -0.4 is 0 Å². The van der Waals surface area contributed by atoms with Gasteiger partial charge in [-0.2, -0.15) is 0 Å². The van der Waals surface area contributed by atoms with Gasteiger partial charge in [-0.3, -0.25) is 0 Å². The molecular weight excluding hydrogens is 128 g/mol. The van der Waals surface area contributed by atoms with Crippen molar-refractivity contribution < 1.29 is 9.84 Å². The second-order valence-corrected chi connectivity index (χ2v) is 2.48. The van der Waals surface area contributed by atoms with Gasteiger partial charge in [0.25, 0.3) is 0 Å². The quantitative estimate of drug-likeness (QED) is 0.603. The molecule has 0 aliphatic carbocycles. The van der Waals surface area contributed by atoms with E-state index in [9.17, 15) is 0 Å². The highest BCUT2D eigenvalue weighted by atomic mass is 16.5. The molecule has 60 valence electrons. The summed E-state index contributed by atoms with van der Waals surface area (Å²) < 4.78 is 5.04. The molecule has 0 aliphatic heterocycles. The summed E-state index contributed by atoms with van der Waals surface area (Å²) in [6.07, 6.45) is 2.95. The molecule has 0 heterocycles. The van der Waals surface area contributed by atoms with Crippen molar-refractivity contribution in [3.8, 4) is 0 Å². The van der Waals surface area contributed by atoms with E-state index in [0.29, 0.717) is 0 Å². The minimum absolute atomic E-state index is 0.127. The van der Waals surface area contributed by atoms with Crippen molar-refractivity contribution in [2.75, 3.05) is 13.7 Å². The third kappa shape index (κ3) is 4.53. The Labute approximate surface area is 62.5 Å². The van der Waals surface area contributed by atoms with E-state index < -0.39 is 0 Å². The van der Waals surface area contributed by atoms with Crippen LogP contribution in [-0.4, -0.2) is 24.9 Å². The summed E-state index contributed by atoms with van der Waals surface area (Å²) in [7, 11) is 1.69. The number of aliphatic hydroxyl groups is 1. The zero-order valence-electron chi connectivity index (χ0n) is 6.92. The van der Waals surface area contributed by atoms with Crippen molar-refractivity contribution in [2.45, 2.75) is 26.4 Å². The average Bonchev–Trinajstić information content (AvgIpc) is 1.88. The van der Waals surface area contributed by atoms with Crippen LogP contribution in [0.15, 0.2) is 11.6 Å². The summed E-state index contributed by atoms with van der Waals surface area (Å²) in [6, 6.07) is 0. The number of rotatable bonds is 4. The third-order valence-corrected chi connectivity index (χ3v) is 1.45. The second kappa shape index (κ2) is 5.45. The molecule has 2 heteroatoms. The first kappa shape index (κ1) is 9.66. The molecule has 0 saturated heterocycles. The summed E-state index contributed by atoms with van der Waals surface area (Å²) in [5, 5.41) is 8.51. The maximum Gasteiger partial charge on any atom is 0.0614 e. The molecule has 0 fully saturated rings. The van der Waals surface area contributed by atoms with Gasteiger partial charge in [-0.1, -0.05) is 11.6 Å². The van der Waals surface area contributed by atoms with E-state index in [-0.39, 0.29) is 12.7 Å². The lowest BCUT2D eigenvalue weighted by atomic mass is 10.1. The molecule has 0 aromatic rings. The molecule has 0 spiro atoms. The van der Waals surface area contributed by atoms with E-state index in [1.807, 2.05) is 13.8 Å². The topological polar surface area (TPSA) is 29.5 Å². The zero-order valence-corrected chi connectivity index (χ0v) is 6.92. The maximum absolute atomic E-state index is 8.51. The molecule has 1 atom stereocenters. The first-order chi connectivity index (χ1) is 4.70. The highest BCUT2D eigenvalue weighted by Crippen LogP contribution is 2.05. The Morgan fingerprint density at radius 2 is 2.30 bits per heavy atom. The summed E-state index contributed by atoms with van der Waals surface area (Å²) in [5.74, 6) is 0. The maximum atomic E-state index is 8.51. The van der Waals surface area contributed by atoms with Crippen LogP contribution in [0.3, 0.4) is 0 Å². The minimum Gasteiger partial charge on any atom is -0.392 e. The molecule has 1 unspecified atom stereocenters. The van der Waals surface area contributed by atoms with Crippen LogP contribution in [0.5, 0.6) is 0 Å². The molecular formula is C8H16O2. The molecule has 2 nitrogen and oxygen atoms in total. The summed E-state index contributed by atoms with van der Waals surface area (Å²) in [5.41, 5.74) is 1.18. The molecule has 1 N–H and O–H groups in total. The monoisotopic (exact) mass is 144 g/mol. The van der Waals surface area contributed by atoms with Gasteiger partial charge in [0.2, 0.25) is 0 Å². The van der Waals surface area contributed by atoms with Crippen molar-refractivity contribution >= 4 is 0 Å². The molecule has 0 aromatic heterocycles. The Bertz CT molecular complexity index is 108. The van der Waals surface area contributed by atoms with E-state index in [0.717, 1.165) is 6.42 Å². The Kier molecular flexibility index (Phi) is 5.26. The van der Waals surface area contributed by atoms with Gasteiger partial charge in [0.1, 0.15) is 0 Å². The Morgan fingerprint density at radius 1 is 1.70 bits per heavy atom. The molecule has 0 amide bonds. The van der Waals surface area contributed by atoms with Gasteiger partial charge in [-0.25, -0.2) is 0 Å². The molecule has 0 radical (unpaired) electrons. The fraction of sp³-hybridized carbons (Fsp3) is 0.750. The Hall–Kier alpha value is -0.340. The van der Waals surface area contributed by atoms with Crippen molar-refractivity contribution in [1.82, 2.24) is 0 Å². The van der Waals surface area contributed by atoms with Crippen LogP contribution in [0.4, 0.5) is 0 Å². The van der Waals surface area contributed by atoms with Gasteiger partial charge in [-0.05, 0) is 20.3 Å². The largest absolute Gasteiger partial charge is 0.392 e. The normalized spacial score (nSPS) is 15.4. The second-order valence-electron chi connectivity index (χ2n) is 2.48. The average molecular weight is 144 g/mol. The van der Waals surface area contributed by atoms with Crippen LogP contribution >= 0.6 is 0 Å². The van der Waals surface area contributed by atoms with Crippen LogP contribution in [0.1, 0.15) is 20.3 Å². The van der Waals surface area contributed by atoms with Crippen molar-refractivity contribution in [3.05, 3.63) is 11.6 Å². The number of aliphatic hydroxyl groups excluding tert-OH is 1. The zero-order chi connectivity index (χ0) is 7.98. The minimum atomic E-state index is 0.127. The van der Waals surface area contributed by atoms with Crippen molar-refractivity contribution in [1.29, 1.82) is 0 Å². The summed E-state index contributed by atoms with van der Waals surface area (Å²) in [4.78, 5) is 0. The smallest absolute Gasteiger partial charge is 0.0614 e.